The minimum absolute atomic E-state index is 0.0260. The molecule has 8 heteroatoms. The molecule has 3 aromatic rings. The van der Waals surface area contributed by atoms with Crippen LogP contribution in [0.5, 0.6) is 0 Å². The van der Waals surface area contributed by atoms with E-state index in [4.69, 9.17) is 10.2 Å². The maximum Gasteiger partial charge on any atom is 0.286 e. The average molecular weight is 301 g/mol. The number of anilines is 3. The van der Waals surface area contributed by atoms with Gasteiger partial charge in [-0.3, -0.25) is 4.79 Å². The van der Waals surface area contributed by atoms with Gasteiger partial charge in [-0.15, -0.1) is 0 Å². The molecule has 1 amide bonds. The molecule has 0 atom stereocenters. The van der Waals surface area contributed by atoms with Gasteiger partial charge in [-0.05, 0) is 24.3 Å². The van der Waals surface area contributed by atoms with E-state index in [2.05, 4.69) is 20.6 Å². The predicted molar refractivity (Wildman–Crippen MR) is 79.3 cm³/mol. The number of benzene rings is 1. The zero-order chi connectivity index (χ0) is 15.7. The maximum atomic E-state index is 13.6. The van der Waals surface area contributed by atoms with Crippen LogP contribution in [0.3, 0.4) is 0 Å². The van der Waals surface area contributed by atoms with E-state index in [0.717, 1.165) is 6.20 Å². The van der Waals surface area contributed by atoms with Gasteiger partial charge < -0.3 is 20.8 Å². The highest BCUT2D eigenvalue weighted by Crippen LogP contribution is 2.25. The van der Waals surface area contributed by atoms with E-state index < -0.39 is 5.82 Å². The van der Waals surface area contributed by atoms with Crippen LogP contribution in [-0.2, 0) is 0 Å². The standard InChI is InChI=1S/C14H12FN5O2/c1-17-13(21)11-5-7-4-8(2-3-10(7)22-11)19-12-9(15)6-18-14(16)20-12/h2-6H,1H3,(H,17,21)(H3,16,18,19,20). The summed E-state index contributed by atoms with van der Waals surface area (Å²) in [7, 11) is 1.52. The second-order valence-corrected chi connectivity index (χ2v) is 4.49. The summed E-state index contributed by atoms with van der Waals surface area (Å²) >= 11 is 0. The first-order valence-electron chi connectivity index (χ1n) is 6.37. The van der Waals surface area contributed by atoms with Crippen molar-refractivity contribution in [3.8, 4) is 0 Å². The van der Waals surface area contributed by atoms with E-state index >= 15 is 0 Å². The van der Waals surface area contributed by atoms with Gasteiger partial charge in [-0.1, -0.05) is 0 Å². The number of furan rings is 1. The van der Waals surface area contributed by atoms with Crippen LogP contribution in [-0.4, -0.2) is 22.9 Å². The summed E-state index contributed by atoms with van der Waals surface area (Å²) < 4.78 is 19.0. The highest BCUT2D eigenvalue weighted by molar-refractivity contribution is 5.96. The monoisotopic (exact) mass is 301 g/mol. The summed E-state index contributed by atoms with van der Waals surface area (Å²) in [6.07, 6.45) is 0.991. The third-order valence-electron chi connectivity index (χ3n) is 2.99. The van der Waals surface area contributed by atoms with Crippen molar-refractivity contribution in [1.82, 2.24) is 15.3 Å². The minimum Gasteiger partial charge on any atom is -0.451 e. The zero-order valence-electron chi connectivity index (χ0n) is 11.6. The molecule has 7 nitrogen and oxygen atoms in total. The third-order valence-corrected chi connectivity index (χ3v) is 2.99. The molecule has 0 fully saturated rings. The van der Waals surface area contributed by atoms with Crippen molar-refractivity contribution in [1.29, 1.82) is 0 Å². The molecule has 0 saturated heterocycles. The Kier molecular flexibility index (Phi) is 3.34. The first kappa shape index (κ1) is 13.8. The number of aromatic nitrogens is 2. The van der Waals surface area contributed by atoms with Gasteiger partial charge in [-0.2, -0.15) is 4.98 Å². The highest BCUT2D eigenvalue weighted by Gasteiger charge is 2.12. The van der Waals surface area contributed by atoms with Crippen LogP contribution in [0.4, 0.5) is 21.8 Å². The molecule has 2 aromatic heterocycles. The number of nitrogens with two attached hydrogens (primary N) is 1. The molecule has 1 aromatic carbocycles. The molecule has 2 heterocycles. The number of rotatable bonds is 3. The number of nitrogen functional groups attached to an aromatic ring is 1. The highest BCUT2D eigenvalue weighted by atomic mass is 19.1. The van der Waals surface area contributed by atoms with Crippen molar-refractivity contribution in [2.24, 2.45) is 0 Å². The maximum absolute atomic E-state index is 13.6. The second kappa shape index (κ2) is 5.32. The Labute approximate surface area is 124 Å². The Bertz CT molecular complexity index is 862. The fraction of sp³-hybridized carbons (Fsp3) is 0.0714. The lowest BCUT2D eigenvalue weighted by molar-refractivity contribution is 0.0938. The summed E-state index contributed by atoms with van der Waals surface area (Å²) in [6, 6.07) is 6.66. The molecule has 0 unspecified atom stereocenters. The number of amides is 1. The van der Waals surface area contributed by atoms with Gasteiger partial charge in [0.1, 0.15) is 5.58 Å². The number of carbonyl (C=O) groups excluding carboxylic acids is 1. The van der Waals surface area contributed by atoms with Crippen LogP contribution >= 0.6 is 0 Å². The lowest BCUT2D eigenvalue weighted by atomic mass is 10.2. The molecule has 4 N–H and O–H groups in total. The smallest absolute Gasteiger partial charge is 0.286 e. The van der Waals surface area contributed by atoms with Gasteiger partial charge >= 0.3 is 0 Å². The number of nitrogens with one attached hydrogen (secondary N) is 2. The van der Waals surface area contributed by atoms with Gasteiger partial charge in [0.05, 0.1) is 6.20 Å². The van der Waals surface area contributed by atoms with Gasteiger partial charge in [0.2, 0.25) is 5.95 Å². The number of nitrogens with zero attached hydrogens (tertiary/aromatic N) is 2. The van der Waals surface area contributed by atoms with Crippen molar-refractivity contribution in [2.75, 3.05) is 18.1 Å². The molecule has 3 rings (SSSR count). The fourth-order valence-electron chi connectivity index (χ4n) is 1.96. The van der Waals surface area contributed by atoms with Crippen LogP contribution < -0.4 is 16.4 Å². The number of hydrogen-bond acceptors (Lipinski definition) is 6. The van der Waals surface area contributed by atoms with Crippen molar-refractivity contribution in [3.05, 3.63) is 42.0 Å². The fourth-order valence-corrected chi connectivity index (χ4v) is 1.96. The topological polar surface area (TPSA) is 106 Å². The van der Waals surface area contributed by atoms with E-state index in [9.17, 15) is 9.18 Å². The van der Waals surface area contributed by atoms with Crippen LogP contribution in [0.25, 0.3) is 11.0 Å². The van der Waals surface area contributed by atoms with Gasteiger partial charge in [0, 0.05) is 18.1 Å². The molecule has 112 valence electrons. The van der Waals surface area contributed by atoms with Crippen molar-refractivity contribution in [3.63, 3.8) is 0 Å². The second-order valence-electron chi connectivity index (χ2n) is 4.49. The summed E-state index contributed by atoms with van der Waals surface area (Å²) in [6.45, 7) is 0. The Morgan fingerprint density at radius 3 is 2.95 bits per heavy atom. The first-order valence-corrected chi connectivity index (χ1v) is 6.37. The quantitative estimate of drug-likeness (QED) is 0.683. The van der Waals surface area contributed by atoms with Gasteiger partial charge in [0.25, 0.3) is 5.91 Å². The molecule has 0 radical (unpaired) electrons. The molecule has 0 aliphatic heterocycles. The Balaban J connectivity index is 1.94. The van der Waals surface area contributed by atoms with Crippen LogP contribution in [0, 0.1) is 5.82 Å². The Hall–Kier alpha value is -3.16. The van der Waals surface area contributed by atoms with Crippen LogP contribution in [0.1, 0.15) is 10.6 Å². The summed E-state index contributed by atoms with van der Waals surface area (Å²) in [5.74, 6) is -0.794. The number of halogens is 1. The predicted octanol–water partition coefficient (Wildman–Crippen LogP) is 2.05. The molecule has 0 spiro atoms. The van der Waals surface area contributed by atoms with Crippen molar-refractivity contribution in [2.45, 2.75) is 0 Å². The van der Waals surface area contributed by atoms with Gasteiger partial charge in [-0.25, -0.2) is 9.37 Å². The molecule has 0 saturated carbocycles. The third kappa shape index (κ3) is 2.53. The average Bonchev–Trinajstić information content (AvgIpc) is 2.93. The summed E-state index contributed by atoms with van der Waals surface area (Å²) in [4.78, 5) is 18.9. The SMILES string of the molecule is CNC(=O)c1cc2cc(Nc3nc(N)ncc3F)ccc2o1. The summed E-state index contributed by atoms with van der Waals surface area (Å²) in [5.41, 5.74) is 6.56. The van der Waals surface area contributed by atoms with Crippen molar-refractivity contribution >= 4 is 34.3 Å². The summed E-state index contributed by atoms with van der Waals surface area (Å²) in [5, 5.41) is 5.99. The van der Waals surface area contributed by atoms with E-state index in [1.165, 1.54) is 7.05 Å². The zero-order valence-corrected chi connectivity index (χ0v) is 11.6. The number of hydrogen-bond donors (Lipinski definition) is 3. The Morgan fingerprint density at radius 1 is 1.36 bits per heavy atom. The minimum atomic E-state index is -0.618. The lowest BCUT2D eigenvalue weighted by Crippen LogP contribution is -2.16. The number of carbonyl (C=O) groups is 1. The molecule has 22 heavy (non-hydrogen) atoms. The van der Waals surface area contributed by atoms with Crippen LogP contribution in [0.15, 0.2) is 34.9 Å². The van der Waals surface area contributed by atoms with Crippen LogP contribution in [0.2, 0.25) is 0 Å². The van der Waals surface area contributed by atoms with Gasteiger partial charge in [0.15, 0.2) is 17.4 Å². The molecular weight excluding hydrogens is 289 g/mol. The van der Waals surface area contributed by atoms with Crippen molar-refractivity contribution < 1.29 is 13.6 Å². The molecule has 0 bridgehead atoms. The molecule has 0 aliphatic rings. The normalized spacial score (nSPS) is 10.6. The van der Waals surface area contributed by atoms with E-state index in [1.54, 1.807) is 24.3 Å². The van der Waals surface area contributed by atoms with E-state index in [-0.39, 0.29) is 23.4 Å². The Morgan fingerprint density at radius 2 is 2.18 bits per heavy atom. The van der Waals surface area contributed by atoms with E-state index in [0.29, 0.717) is 16.7 Å². The largest absolute Gasteiger partial charge is 0.451 e. The molecule has 0 aliphatic carbocycles. The van der Waals surface area contributed by atoms with E-state index in [1.807, 2.05) is 0 Å². The molecular formula is C14H12FN5O2. The first-order chi connectivity index (χ1) is 10.6. The lowest BCUT2D eigenvalue weighted by Gasteiger charge is -2.06. The number of fused-ring (bicyclic) bond motifs is 1.